The van der Waals surface area contributed by atoms with Gasteiger partial charge in [0.1, 0.15) is 10.7 Å². The molecule has 0 amide bonds. The third-order valence-corrected chi connectivity index (χ3v) is 5.68. The molecule has 0 spiro atoms. The summed E-state index contributed by atoms with van der Waals surface area (Å²) in [6, 6.07) is 5.63. The fraction of sp³-hybridized carbons (Fsp3) is 0.250. The van der Waals surface area contributed by atoms with Gasteiger partial charge in [0.15, 0.2) is 5.82 Å². The van der Waals surface area contributed by atoms with E-state index in [4.69, 9.17) is 11.6 Å². The largest absolute Gasteiger partial charge is 0.269 e. The van der Waals surface area contributed by atoms with Crippen LogP contribution < -0.4 is 4.72 Å². The second-order valence-electron chi connectivity index (χ2n) is 5.65. The molecule has 0 aliphatic rings. The highest BCUT2D eigenvalue weighted by molar-refractivity contribution is 7.92. The van der Waals surface area contributed by atoms with Crippen LogP contribution in [0, 0.1) is 12.7 Å². The van der Waals surface area contributed by atoms with E-state index in [-0.39, 0.29) is 22.3 Å². The number of aromatic nitrogens is 4. The van der Waals surface area contributed by atoms with Crippen LogP contribution in [0.4, 0.5) is 10.2 Å². The molecule has 1 aromatic carbocycles. The molecule has 10 heteroatoms. The smallest absolute Gasteiger partial charge is 0.266 e. The number of aryl methyl sites for hydroxylation is 1. The van der Waals surface area contributed by atoms with Crippen LogP contribution in [0.25, 0.3) is 0 Å². The minimum absolute atomic E-state index is 0.107. The first kappa shape index (κ1) is 18.4. The molecule has 0 aliphatic carbocycles. The zero-order chi connectivity index (χ0) is 18.9. The average molecular weight is 398 g/mol. The van der Waals surface area contributed by atoms with E-state index in [0.717, 1.165) is 0 Å². The zero-order valence-electron chi connectivity index (χ0n) is 14.1. The molecule has 7 nitrogen and oxygen atoms in total. The molecule has 3 rings (SSSR count). The summed E-state index contributed by atoms with van der Waals surface area (Å²) in [6.45, 7) is 4.44. The quantitative estimate of drug-likeness (QED) is 0.693. The summed E-state index contributed by atoms with van der Waals surface area (Å²) in [5.74, 6) is -0.248. The van der Waals surface area contributed by atoms with Crippen LogP contribution in [0.5, 0.6) is 0 Å². The van der Waals surface area contributed by atoms with Crippen LogP contribution in [0.15, 0.2) is 41.6 Å². The highest BCUT2D eigenvalue weighted by Crippen LogP contribution is 2.20. The lowest BCUT2D eigenvalue weighted by atomic mass is 10.2. The lowest BCUT2D eigenvalue weighted by Crippen LogP contribution is -2.15. The van der Waals surface area contributed by atoms with Crippen molar-refractivity contribution in [3.05, 3.63) is 58.8 Å². The highest BCUT2D eigenvalue weighted by Gasteiger charge is 2.21. The van der Waals surface area contributed by atoms with Gasteiger partial charge < -0.3 is 0 Å². The summed E-state index contributed by atoms with van der Waals surface area (Å²) in [5.41, 5.74) is 1.23. The van der Waals surface area contributed by atoms with Gasteiger partial charge in [-0.1, -0.05) is 17.7 Å². The minimum Gasteiger partial charge on any atom is -0.269 e. The Balaban J connectivity index is 1.78. The van der Waals surface area contributed by atoms with Gasteiger partial charge in [0.25, 0.3) is 10.0 Å². The number of halogens is 2. The van der Waals surface area contributed by atoms with Gasteiger partial charge in [-0.05, 0) is 31.5 Å². The number of sulfonamides is 1. The Morgan fingerprint density at radius 3 is 2.73 bits per heavy atom. The van der Waals surface area contributed by atoms with Gasteiger partial charge in [-0.25, -0.2) is 12.8 Å². The van der Waals surface area contributed by atoms with E-state index >= 15 is 0 Å². The highest BCUT2D eigenvalue weighted by atomic mass is 35.5. The summed E-state index contributed by atoms with van der Waals surface area (Å²) in [7, 11) is -3.79. The summed E-state index contributed by atoms with van der Waals surface area (Å²) in [5, 5.41) is 8.51. The lowest BCUT2D eigenvalue weighted by molar-refractivity contribution is 0.597. The number of hydrogen-bond donors (Lipinski definition) is 1. The molecule has 3 aromatic rings. The minimum atomic E-state index is -3.79. The standard InChI is InChI=1S/C16H17ClFN5O2S/c1-3-23-11(2)15(9-19-23)26(24,25)21-16-6-7-22(20-16)10-12-4-5-13(18)8-14(12)17/h4-9H,3,10H2,1-2H3,(H,20,21). The fourth-order valence-electron chi connectivity index (χ4n) is 2.53. The second-order valence-corrected chi connectivity index (χ2v) is 7.71. The molecule has 0 saturated heterocycles. The first-order valence-corrected chi connectivity index (χ1v) is 9.69. The summed E-state index contributed by atoms with van der Waals surface area (Å²) >= 11 is 6.00. The molecule has 0 atom stereocenters. The van der Waals surface area contributed by atoms with Gasteiger partial charge in [0, 0.05) is 23.8 Å². The Morgan fingerprint density at radius 2 is 2.08 bits per heavy atom. The molecular formula is C16H17ClFN5O2S. The molecule has 2 heterocycles. The van der Waals surface area contributed by atoms with Gasteiger partial charge in [-0.2, -0.15) is 10.2 Å². The van der Waals surface area contributed by atoms with Crippen molar-refractivity contribution >= 4 is 27.4 Å². The molecule has 0 fully saturated rings. The predicted octanol–water partition coefficient (Wildman–Crippen LogP) is 3.05. The van der Waals surface area contributed by atoms with Crippen LogP contribution in [-0.4, -0.2) is 28.0 Å². The van der Waals surface area contributed by atoms with E-state index in [9.17, 15) is 12.8 Å². The van der Waals surface area contributed by atoms with Crippen molar-refractivity contribution in [2.45, 2.75) is 31.8 Å². The average Bonchev–Trinajstić information content (AvgIpc) is 3.16. The fourth-order valence-corrected chi connectivity index (χ4v) is 3.93. The van der Waals surface area contributed by atoms with Gasteiger partial charge in [-0.3, -0.25) is 14.1 Å². The molecule has 1 N–H and O–H groups in total. The van der Waals surface area contributed by atoms with Crippen molar-refractivity contribution < 1.29 is 12.8 Å². The van der Waals surface area contributed by atoms with Crippen molar-refractivity contribution in [2.24, 2.45) is 0 Å². The van der Waals surface area contributed by atoms with Crippen LogP contribution >= 0.6 is 11.6 Å². The Hall–Kier alpha value is -2.39. The molecule has 0 saturated carbocycles. The van der Waals surface area contributed by atoms with Crippen molar-refractivity contribution in [1.82, 2.24) is 19.6 Å². The summed E-state index contributed by atoms with van der Waals surface area (Å²) < 4.78 is 43.7. The first-order valence-electron chi connectivity index (χ1n) is 7.82. The Labute approximate surface area is 155 Å². The van der Waals surface area contributed by atoms with E-state index in [1.165, 1.54) is 29.1 Å². The molecular weight excluding hydrogens is 381 g/mol. The van der Waals surface area contributed by atoms with Crippen molar-refractivity contribution in [3.8, 4) is 0 Å². The van der Waals surface area contributed by atoms with E-state index in [0.29, 0.717) is 17.8 Å². The summed E-state index contributed by atoms with van der Waals surface area (Å²) in [6.07, 6.45) is 2.93. The van der Waals surface area contributed by atoms with E-state index in [2.05, 4.69) is 14.9 Å². The van der Waals surface area contributed by atoms with Crippen LogP contribution in [0.1, 0.15) is 18.2 Å². The van der Waals surface area contributed by atoms with Gasteiger partial charge >= 0.3 is 0 Å². The topological polar surface area (TPSA) is 81.8 Å². The SMILES string of the molecule is CCn1ncc(S(=O)(=O)Nc2ccn(Cc3ccc(F)cc3Cl)n2)c1C. The maximum atomic E-state index is 13.1. The number of benzene rings is 1. The predicted molar refractivity (Wildman–Crippen MR) is 96.2 cm³/mol. The van der Waals surface area contributed by atoms with Crippen molar-refractivity contribution in [2.75, 3.05) is 4.72 Å². The normalized spacial score (nSPS) is 11.7. The maximum absolute atomic E-state index is 13.1. The van der Waals surface area contributed by atoms with Crippen molar-refractivity contribution in [3.63, 3.8) is 0 Å². The van der Waals surface area contributed by atoms with Gasteiger partial charge in [0.2, 0.25) is 0 Å². The van der Waals surface area contributed by atoms with Crippen LogP contribution in [-0.2, 0) is 23.1 Å². The first-order chi connectivity index (χ1) is 12.3. The van der Waals surface area contributed by atoms with Gasteiger partial charge in [0.05, 0.1) is 18.4 Å². The number of nitrogens with one attached hydrogen (secondary N) is 1. The monoisotopic (exact) mass is 397 g/mol. The van der Waals surface area contributed by atoms with E-state index < -0.39 is 15.8 Å². The van der Waals surface area contributed by atoms with Gasteiger partial charge in [-0.15, -0.1) is 0 Å². The van der Waals surface area contributed by atoms with Crippen LogP contribution in [0.2, 0.25) is 5.02 Å². The lowest BCUT2D eigenvalue weighted by Gasteiger charge is -2.06. The third-order valence-electron chi connectivity index (χ3n) is 3.87. The van der Waals surface area contributed by atoms with Crippen molar-refractivity contribution in [1.29, 1.82) is 0 Å². The number of nitrogens with zero attached hydrogens (tertiary/aromatic N) is 4. The second kappa shape index (κ2) is 7.08. The Bertz CT molecular complexity index is 1040. The molecule has 2 aromatic heterocycles. The molecule has 138 valence electrons. The Kier molecular flexibility index (Phi) is 5.01. The zero-order valence-corrected chi connectivity index (χ0v) is 15.7. The molecule has 0 unspecified atom stereocenters. The molecule has 26 heavy (non-hydrogen) atoms. The molecule has 0 radical (unpaired) electrons. The molecule has 0 aliphatic heterocycles. The van der Waals surface area contributed by atoms with E-state index in [1.54, 1.807) is 23.9 Å². The maximum Gasteiger partial charge on any atom is 0.266 e. The molecule has 0 bridgehead atoms. The summed E-state index contributed by atoms with van der Waals surface area (Å²) in [4.78, 5) is 0.107. The number of hydrogen-bond acceptors (Lipinski definition) is 4. The van der Waals surface area contributed by atoms with E-state index in [1.807, 2.05) is 6.92 Å². The Morgan fingerprint density at radius 1 is 1.31 bits per heavy atom. The third kappa shape index (κ3) is 3.73. The number of rotatable bonds is 6. The number of anilines is 1. The van der Waals surface area contributed by atoms with Crippen LogP contribution in [0.3, 0.4) is 0 Å².